The third-order valence-corrected chi connectivity index (χ3v) is 11.3. The van der Waals surface area contributed by atoms with E-state index >= 15 is 0 Å². The molecule has 8 aromatic carbocycles. The molecule has 0 spiro atoms. The van der Waals surface area contributed by atoms with Crippen molar-refractivity contribution in [2.75, 3.05) is 0 Å². The molecule has 3 heterocycles. The molecule has 0 aliphatic rings. The molecular weight excluding hydrogens is 745 g/mol. The van der Waals surface area contributed by atoms with Crippen LogP contribution in [0.5, 0.6) is 0 Å². The van der Waals surface area contributed by atoms with Gasteiger partial charge in [-0.05, 0) is 28.3 Å². The molecule has 0 unspecified atom stereocenters. The summed E-state index contributed by atoms with van der Waals surface area (Å²) in [6.07, 6.45) is 1.59. The van der Waals surface area contributed by atoms with Gasteiger partial charge in [-0.25, -0.2) is 19.9 Å². The van der Waals surface area contributed by atoms with Crippen molar-refractivity contribution >= 4 is 21.9 Å². The first-order valence-corrected chi connectivity index (χ1v) is 20.4. The molecule has 0 saturated carbocycles. The Hall–Kier alpha value is -8.28. The molecule has 286 valence electrons. The fraction of sp³-hybridized carbons (Fsp3) is 0. The first-order valence-electron chi connectivity index (χ1n) is 20.4. The molecule has 0 radical (unpaired) electrons. The predicted octanol–water partition coefficient (Wildman–Crippen LogP) is 14.5. The lowest BCUT2D eigenvalue weighted by atomic mass is 9.83. The van der Waals surface area contributed by atoms with Crippen LogP contribution in [0.1, 0.15) is 0 Å². The lowest BCUT2D eigenvalue weighted by Gasteiger charge is -2.23. The minimum atomic E-state index is 0.601. The van der Waals surface area contributed by atoms with Crippen molar-refractivity contribution in [3.05, 3.63) is 219 Å². The standard InChI is InChI=1S/C56H36N4O/c1-5-16-38(17-6-1)50-49(51(39-18-7-2-8-19-39)53(42-22-11-4-12-23-42)59-52(50)41-20-9-3-10-21-41)40-30-34-44(35-31-40)56-58-36-57-55(60-56)43-32-28-37(29-33-43)45-25-15-26-47-46-24-13-14-27-48(46)61-54(45)47/h1-36H. The molecule has 3 aromatic heterocycles. The number of hydrogen-bond acceptors (Lipinski definition) is 5. The Labute approximate surface area is 353 Å². The van der Waals surface area contributed by atoms with Gasteiger partial charge in [0, 0.05) is 55.3 Å². The largest absolute Gasteiger partial charge is 0.455 e. The first-order chi connectivity index (χ1) is 30.3. The lowest BCUT2D eigenvalue weighted by Crippen LogP contribution is -2.01. The Balaban J connectivity index is 1.02. The summed E-state index contributed by atoms with van der Waals surface area (Å²) in [6, 6.07) is 73.6. The molecule has 0 amide bonds. The molecular formula is C56H36N4O. The summed E-state index contributed by atoms with van der Waals surface area (Å²) >= 11 is 0. The summed E-state index contributed by atoms with van der Waals surface area (Å²) in [5, 5.41) is 2.22. The third kappa shape index (κ3) is 6.64. The van der Waals surface area contributed by atoms with Crippen LogP contribution in [0.15, 0.2) is 223 Å². The quantitative estimate of drug-likeness (QED) is 0.154. The van der Waals surface area contributed by atoms with E-state index in [-0.39, 0.29) is 0 Å². The highest BCUT2D eigenvalue weighted by Gasteiger charge is 2.25. The van der Waals surface area contributed by atoms with Crippen molar-refractivity contribution < 1.29 is 4.42 Å². The third-order valence-electron chi connectivity index (χ3n) is 11.3. The number of nitrogens with zero attached hydrogens (tertiary/aromatic N) is 4. The molecule has 0 saturated heterocycles. The van der Waals surface area contributed by atoms with Gasteiger partial charge in [0.2, 0.25) is 0 Å². The van der Waals surface area contributed by atoms with Gasteiger partial charge in [0.15, 0.2) is 11.6 Å². The van der Waals surface area contributed by atoms with Crippen LogP contribution >= 0.6 is 0 Å². The maximum absolute atomic E-state index is 6.33. The molecule has 61 heavy (non-hydrogen) atoms. The maximum Gasteiger partial charge on any atom is 0.163 e. The zero-order chi connectivity index (χ0) is 40.5. The van der Waals surface area contributed by atoms with Crippen LogP contribution in [0.4, 0.5) is 0 Å². The van der Waals surface area contributed by atoms with Gasteiger partial charge in [-0.15, -0.1) is 0 Å². The number of rotatable bonds is 8. The van der Waals surface area contributed by atoms with Crippen LogP contribution in [0, 0.1) is 0 Å². The van der Waals surface area contributed by atoms with Crippen molar-refractivity contribution in [2.45, 2.75) is 0 Å². The van der Waals surface area contributed by atoms with Gasteiger partial charge >= 0.3 is 0 Å². The molecule has 0 N–H and O–H groups in total. The van der Waals surface area contributed by atoms with E-state index in [0.717, 1.165) is 100 Å². The van der Waals surface area contributed by atoms with E-state index in [9.17, 15) is 0 Å². The number of para-hydroxylation sites is 2. The first kappa shape index (κ1) is 35.8. The highest BCUT2D eigenvalue weighted by atomic mass is 16.3. The molecule has 0 aliphatic carbocycles. The van der Waals surface area contributed by atoms with Gasteiger partial charge in [0.1, 0.15) is 17.5 Å². The van der Waals surface area contributed by atoms with E-state index in [1.165, 1.54) is 0 Å². The van der Waals surface area contributed by atoms with E-state index in [1.54, 1.807) is 6.33 Å². The lowest BCUT2D eigenvalue weighted by molar-refractivity contribution is 0.670. The van der Waals surface area contributed by atoms with Gasteiger partial charge in [-0.2, -0.15) is 0 Å². The van der Waals surface area contributed by atoms with Crippen molar-refractivity contribution in [3.8, 4) is 89.8 Å². The summed E-state index contributed by atoms with van der Waals surface area (Å²) < 4.78 is 6.33. The van der Waals surface area contributed by atoms with Crippen molar-refractivity contribution in [1.82, 2.24) is 19.9 Å². The monoisotopic (exact) mass is 780 g/mol. The second-order valence-electron chi connectivity index (χ2n) is 15.0. The molecule has 5 nitrogen and oxygen atoms in total. The van der Waals surface area contributed by atoms with E-state index in [4.69, 9.17) is 14.4 Å². The Morgan fingerprint density at radius 3 is 1.26 bits per heavy atom. The Morgan fingerprint density at radius 2 is 0.721 bits per heavy atom. The number of furan rings is 1. The zero-order valence-electron chi connectivity index (χ0n) is 33.0. The van der Waals surface area contributed by atoms with Crippen LogP contribution < -0.4 is 0 Å². The van der Waals surface area contributed by atoms with Gasteiger partial charge < -0.3 is 4.42 Å². The number of fused-ring (bicyclic) bond motifs is 3. The molecule has 5 heteroatoms. The van der Waals surface area contributed by atoms with Gasteiger partial charge in [-0.3, -0.25) is 0 Å². The van der Waals surface area contributed by atoms with E-state index in [2.05, 4.69) is 192 Å². The molecule has 0 atom stereocenters. The van der Waals surface area contributed by atoms with Crippen molar-refractivity contribution in [3.63, 3.8) is 0 Å². The topological polar surface area (TPSA) is 64.7 Å². The Morgan fingerprint density at radius 1 is 0.295 bits per heavy atom. The molecule has 0 aliphatic heterocycles. The average molecular weight is 781 g/mol. The van der Waals surface area contributed by atoms with Crippen LogP contribution in [0.3, 0.4) is 0 Å². The van der Waals surface area contributed by atoms with E-state index in [1.807, 2.05) is 30.3 Å². The summed E-state index contributed by atoms with van der Waals surface area (Å²) in [4.78, 5) is 19.8. The summed E-state index contributed by atoms with van der Waals surface area (Å²) in [6.45, 7) is 0. The number of hydrogen-bond donors (Lipinski definition) is 0. The number of aromatic nitrogens is 4. The molecule has 11 rings (SSSR count). The summed E-state index contributed by atoms with van der Waals surface area (Å²) in [5.41, 5.74) is 16.1. The van der Waals surface area contributed by atoms with Gasteiger partial charge in [0.25, 0.3) is 0 Å². The summed E-state index contributed by atoms with van der Waals surface area (Å²) in [7, 11) is 0. The molecule has 11 aromatic rings. The summed E-state index contributed by atoms with van der Waals surface area (Å²) in [5.74, 6) is 1.21. The second-order valence-corrected chi connectivity index (χ2v) is 15.0. The fourth-order valence-corrected chi connectivity index (χ4v) is 8.39. The zero-order valence-corrected chi connectivity index (χ0v) is 33.0. The normalized spacial score (nSPS) is 11.3. The van der Waals surface area contributed by atoms with E-state index < -0.39 is 0 Å². The van der Waals surface area contributed by atoms with Crippen LogP contribution in [-0.2, 0) is 0 Å². The number of benzene rings is 8. The maximum atomic E-state index is 6.33. The fourth-order valence-electron chi connectivity index (χ4n) is 8.39. The highest BCUT2D eigenvalue weighted by molar-refractivity contribution is 6.09. The van der Waals surface area contributed by atoms with Gasteiger partial charge in [-0.1, -0.05) is 206 Å². The smallest absolute Gasteiger partial charge is 0.163 e. The van der Waals surface area contributed by atoms with E-state index in [0.29, 0.717) is 11.6 Å². The predicted molar refractivity (Wildman–Crippen MR) is 248 cm³/mol. The SMILES string of the molecule is c1ccc(-c2nc(-c3ccccc3)c(-c3ccccc3)c(-c3ccc(-c4ncnc(-c5ccc(-c6cccc7c6oc6ccccc67)cc5)n4)cc3)c2-c2ccccc2)cc1. The second kappa shape index (κ2) is 15.5. The highest BCUT2D eigenvalue weighted by Crippen LogP contribution is 2.49. The van der Waals surface area contributed by atoms with Crippen LogP contribution in [-0.4, -0.2) is 19.9 Å². The average Bonchev–Trinajstić information content (AvgIpc) is 3.74. The number of pyridine rings is 1. The molecule has 0 fully saturated rings. The van der Waals surface area contributed by atoms with Gasteiger partial charge in [0.05, 0.1) is 11.4 Å². The van der Waals surface area contributed by atoms with Crippen LogP contribution in [0.2, 0.25) is 0 Å². The van der Waals surface area contributed by atoms with Crippen molar-refractivity contribution in [1.29, 1.82) is 0 Å². The minimum absolute atomic E-state index is 0.601. The van der Waals surface area contributed by atoms with Crippen molar-refractivity contribution in [2.24, 2.45) is 0 Å². The van der Waals surface area contributed by atoms with Crippen LogP contribution in [0.25, 0.3) is 112 Å². The Kier molecular flexibility index (Phi) is 9.10. The molecule has 0 bridgehead atoms. The Bertz CT molecular complexity index is 3210. The minimum Gasteiger partial charge on any atom is -0.455 e.